The molecule has 2 aromatic rings. The zero-order valence-corrected chi connectivity index (χ0v) is 10.5. The zero-order valence-electron chi connectivity index (χ0n) is 10.5. The molecule has 0 radical (unpaired) electrons. The zero-order chi connectivity index (χ0) is 13.0. The number of phenolic OH excluding ortho intramolecular Hbond substituents is 1. The van der Waals surface area contributed by atoms with Gasteiger partial charge in [0.25, 0.3) is 0 Å². The Morgan fingerprint density at radius 3 is 2.83 bits per heavy atom. The Labute approximate surface area is 107 Å². The summed E-state index contributed by atoms with van der Waals surface area (Å²) in [4.78, 5) is 4.38. The van der Waals surface area contributed by atoms with Gasteiger partial charge in [-0.1, -0.05) is 25.1 Å². The third-order valence-corrected chi connectivity index (χ3v) is 3.02. The van der Waals surface area contributed by atoms with Crippen LogP contribution >= 0.6 is 0 Å². The Morgan fingerprint density at radius 1 is 1.28 bits per heavy atom. The molecule has 0 saturated carbocycles. The smallest absolute Gasteiger partial charge is 0.115 e. The molecule has 0 amide bonds. The van der Waals surface area contributed by atoms with E-state index in [4.69, 9.17) is 5.73 Å². The summed E-state index contributed by atoms with van der Waals surface area (Å²) in [5.41, 5.74) is 9.37. The number of phenols is 1. The van der Waals surface area contributed by atoms with E-state index in [1.165, 1.54) is 5.56 Å². The van der Waals surface area contributed by atoms with Gasteiger partial charge in [-0.25, -0.2) is 0 Å². The summed E-state index contributed by atoms with van der Waals surface area (Å²) in [7, 11) is 0. The SMILES string of the molecule is CCc1cccnc1C(N)Cc1cccc(O)c1. The second-order valence-corrected chi connectivity index (χ2v) is 4.38. The third kappa shape index (κ3) is 2.87. The number of nitrogens with two attached hydrogens (primary N) is 1. The Kier molecular flexibility index (Phi) is 3.95. The molecule has 3 heteroatoms. The molecule has 1 heterocycles. The van der Waals surface area contributed by atoms with Crippen LogP contribution in [0.4, 0.5) is 0 Å². The molecule has 3 nitrogen and oxygen atoms in total. The van der Waals surface area contributed by atoms with Gasteiger partial charge < -0.3 is 10.8 Å². The fraction of sp³-hybridized carbons (Fsp3) is 0.267. The maximum Gasteiger partial charge on any atom is 0.115 e. The van der Waals surface area contributed by atoms with Crippen LogP contribution in [0.15, 0.2) is 42.6 Å². The monoisotopic (exact) mass is 242 g/mol. The molecule has 0 aliphatic rings. The molecule has 1 unspecified atom stereocenters. The summed E-state index contributed by atoms with van der Waals surface area (Å²) in [5, 5.41) is 9.44. The molecular weight excluding hydrogens is 224 g/mol. The molecule has 0 bridgehead atoms. The predicted octanol–water partition coefficient (Wildman–Crippen LogP) is 2.59. The molecule has 3 N–H and O–H groups in total. The number of hydrogen-bond acceptors (Lipinski definition) is 3. The summed E-state index contributed by atoms with van der Waals surface area (Å²) in [6, 6.07) is 11.1. The van der Waals surface area contributed by atoms with E-state index in [-0.39, 0.29) is 11.8 Å². The number of benzene rings is 1. The Bertz CT molecular complexity index is 525. The van der Waals surface area contributed by atoms with E-state index < -0.39 is 0 Å². The van der Waals surface area contributed by atoms with Crippen LogP contribution in [-0.2, 0) is 12.8 Å². The van der Waals surface area contributed by atoms with E-state index in [0.717, 1.165) is 17.7 Å². The van der Waals surface area contributed by atoms with Crippen molar-refractivity contribution in [3.8, 4) is 5.75 Å². The van der Waals surface area contributed by atoms with Gasteiger partial charge in [0.2, 0.25) is 0 Å². The van der Waals surface area contributed by atoms with Crippen molar-refractivity contribution in [2.24, 2.45) is 5.73 Å². The van der Waals surface area contributed by atoms with Gasteiger partial charge in [-0.2, -0.15) is 0 Å². The molecule has 0 saturated heterocycles. The molecule has 0 spiro atoms. The van der Waals surface area contributed by atoms with Crippen LogP contribution in [0, 0.1) is 0 Å². The first-order valence-electron chi connectivity index (χ1n) is 6.18. The average Bonchev–Trinajstić information content (AvgIpc) is 2.38. The first-order chi connectivity index (χ1) is 8.70. The summed E-state index contributed by atoms with van der Waals surface area (Å²) in [6.45, 7) is 2.10. The minimum Gasteiger partial charge on any atom is -0.508 e. The van der Waals surface area contributed by atoms with Crippen LogP contribution < -0.4 is 5.73 Å². The van der Waals surface area contributed by atoms with Gasteiger partial charge in [-0.15, -0.1) is 0 Å². The van der Waals surface area contributed by atoms with Crippen molar-refractivity contribution in [2.75, 3.05) is 0 Å². The van der Waals surface area contributed by atoms with Gasteiger partial charge in [-0.05, 0) is 42.2 Å². The fourth-order valence-electron chi connectivity index (χ4n) is 2.12. The number of aryl methyl sites for hydroxylation is 1. The van der Waals surface area contributed by atoms with Crippen molar-refractivity contribution in [1.82, 2.24) is 4.98 Å². The highest BCUT2D eigenvalue weighted by atomic mass is 16.3. The highest BCUT2D eigenvalue weighted by molar-refractivity contribution is 5.30. The number of pyridine rings is 1. The molecule has 2 rings (SSSR count). The lowest BCUT2D eigenvalue weighted by atomic mass is 9.99. The molecule has 1 atom stereocenters. The van der Waals surface area contributed by atoms with Crippen molar-refractivity contribution >= 4 is 0 Å². The van der Waals surface area contributed by atoms with E-state index in [2.05, 4.69) is 18.0 Å². The van der Waals surface area contributed by atoms with E-state index >= 15 is 0 Å². The molecule has 0 fully saturated rings. The number of hydrogen-bond donors (Lipinski definition) is 2. The largest absolute Gasteiger partial charge is 0.508 e. The van der Waals surface area contributed by atoms with Crippen LogP contribution in [0.3, 0.4) is 0 Å². The van der Waals surface area contributed by atoms with Crippen LogP contribution in [0.25, 0.3) is 0 Å². The van der Waals surface area contributed by atoms with Gasteiger partial charge in [0.05, 0.1) is 11.7 Å². The van der Waals surface area contributed by atoms with Gasteiger partial charge in [0.15, 0.2) is 0 Å². The van der Waals surface area contributed by atoms with E-state index in [1.54, 1.807) is 18.3 Å². The summed E-state index contributed by atoms with van der Waals surface area (Å²) in [5.74, 6) is 0.274. The first kappa shape index (κ1) is 12.6. The van der Waals surface area contributed by atoms with Crippen molar-refractivity contribution in [3.05, 3.63) is 59.4 Å². The van der Waals surface area contributed by atoms with Crippen LogP contribution in [0.1, 0.15) is 29.8 Å². The van der Waals surface area contributed by atoms with Gasteiger partial charge >= 0.3 is 0 Å². The Balaban J connectivity index is 2.19. The molecule has 1 aromatic carbocycles. The average molecular weight is 242 g/mol. The molecule has 0 aliphatic heterocycles. The van der Waals surface area contributed by atoms with Crippen molar-refractivity contribution in [1.29, 1.82) is 0 Å². The maximum absolute atomic E-state index is 9.44. The summed E-state index contributed by atoms with van der Waals surface area (Å²) < 4.78 is 0. The lowest BCUT2D eigenvalue weighted by molar-refractivity contribution is 0.474. The molecule has 0 aliphatic carbocycles. The Morgan fingerprint density at radius 2 is 2.11 bits per heavy atom. The lowest BCUT2D eigenvalue weighted by Gasteiger charge is -2.14. The van der Waals surface area contributed by atoms with Crippen LogP contribution in [0.2, 0.25) is 0 Å². The summed E-state index contributed by atoms with van der Waals surface area (Å²) in [6.07, 6.45) is 3.38. The van der Waals surface area contributed by atoms with Gasteiger partial charge in [0, 0.05) is 6.20 Å². The molecule has 18 heavy (non-hydrogen) atoms. The highest BCUT2D eigenvalue weighted by Gasteiger charge is 2.12. The van der Waals surface area contributed by atoms with Gasteiger partial charge in [-0.3, -0.25) is 4.98 Å². The van der Waals surface area contributed by atoms with Crippen LogP contribution in [0.5, 0.6) is 5.75 Å². The molecular formula is C15H18N2O. The quantitative estimate of drug-likeness (QED) is 0.866. The van der Waals surface area contributed by atoms with Crippen molar-refractivity contribution in [2.45, 2.75) is 25.8 Å². The van der Waals surface area contributed by atoms with E-state index in [1.807, 2.05) is 18.2 Å². The second-order valence-electron chi connectivity index (χ2n) is 4.38. The third-order valence-electron chi connectivity index (χ3n) is 3.02. The number of aromatic hydroxyl groups is 1. The highest BCUT2D eigenvalue weighted by Crippen LogP contribution is 2.20. The normalized spacial score (nSPS) is 12.3. The lowest BCUT2D eigenvalue weighted by Crippen LogP contribution is -2.16. The minimum atomic E-state index is -0.136. The fourth-order valence-corrected chi connectivity index (χ4v) is 2.12. The van der Waals surface area contributed by atoms with Gasteiger partial charge in [0.1, 0.15) is 5.75 Å². The number of rotatable bonds is 4. The molecule has 1 aromatic heterocycles. The van der Waals surface area contributed by atoms with E-state index in [0.29, 0.717) is 6.42 Å². The standard InChI is InChI=1S/C15H18N2O/c1-2-12-6-4-8-17-15(12)14(16)10-11-5-3-7-13(18)9-11/h3-9,14,18H,2,10,16H2,1H3. The molecule has 94 valence electrons. The first-order valence-corrected chi connectivity index (χ1v) is 6.18. The second kappa shape index (κ2) is 5.65. The van der Waals surface area contributed by atoms with Crippen molar-refractivity contribution in [3.63, 3.8) is 0 Å². The number of nitrogens with zero attached hydrogens (tertiary/aromatic N) is 1. The summed E-state index contributed by atoms with van der Waals surface area (Å²) >= 11 is 0. The Hall–Kier alpha value is -1.87. The topological polar surface area (TPSA) is 59.1 Å². The number of aromatic nitrogens is 1. The predicted molar refractivity (Wildman–Crippen MR) is 72.4 cm³/mol. The van der Waals surface area contributed by atoms with Crippen LogP contribution in [-0.4, -0.2) is 10.1 Å². The maximum atomic E-state index is 9.44. The minimum absolute atomic E-state index is 0.136. The van der Waals surface area contributed by atoms with E-state index in [9.17, 15) is 5.11 Å². The van der Waals surface area contributed by atoms with Crippen molar-refractivity contribution < 1.29 is 5.11 Å².